The summed E-state index contributed by atoms with van der Waals surface area (Å²) in [5.41, 5.74) is 13.9. The molecule has 0 amide bonds. The van der Waals surface area contributed by atoms with Crippen LogP contribution in [0, 0.1) is 13.8 Å². The molecular weight excluding hydrogens is 426 g/mol. The zero-order chi connectivity index (χ0) is 23.7. The first-order valence-corrected chi connectivity index (χ1v) is 11.3. The van der Waals surface area contributed by atoms with E-state index in [2.05, 4.69) is 28.3 Å². The Kier molecular flexibility index (Phi) is 4.41. The van der Waals surface area contributed by atoms with Crippen molar-refractivity contribution in [3.8, 4) is 22.4 Å². The summed E-state index contributed by atoms with van der Waals surface area (Å²) < 4.78 is 1.82. The average Bonchev–Trinajstić information content (AvgIpc) is 3.11. The van der Waals surface area contributed by atoms with Gasteiger partial charge in [0.05, 0.1) is 16.9 Å². The molecule has 3 aromatic heterocycles. The van der Waals surface area contributed by atoms with Crippen molar-refractivity contribution in [2.45, 2.75) is 38.0 Å². The molecule has 6 rings (SSSR count). The SMILES string of the molecule is Cc1nn2c(ncc3cc(-c4ccccc4)c(-c4ccc(C5(N)CC(O)(O)C5)cc4)nc32)c1C. The van der Waals surface area contributed by atoms with Crippen LogP contribution in [0.2, 0.25) is 0 Å². The Hall–Kier alpha value is -3.65. The molecule has 1 fully saturated rings. The van der Waals surface area contributed by atoms with Crippen molar-refractivity contribution in [1.82, 2.24) is 19.6 Å². The highest BCUT2D eigenvalue weighted by Crippen LogP contribution is 2.45. The van der Waals surface area contributed by atoms with Crippen LogP contribution in [-0.4, -0.2) is 35.6 Å². The quantitative estimate of drug-likeness (QED) is 0.360. The molecule has 0 unspecified atom stereocenters. The van der Waals surface area contributed by atoms with Crippen molar-refractivity contribution in [1.29, 1.82) is 0 Å². The van der Waals surface area contributed by atoms with Crippen molar-refractivity contribution in [3.05, 3.63) is 83.7 Å². The fourth-order valence-electron chi connectivity index (χ4n) is 4.99. The van der Waals surface area contributed by atoms with Gasteiger partial charge in [0.1, 0.15) is 0 Å². The van der Waals surface area contributed by atoms with Crippen molar-refractivity contribution < 1.29 is 10.2 Å². The number of nitrogens with two attached hydrogens (primary N) is 1. The van der Waals surface area contributed by atoms with Crippen LogP contribution in [0.4, 0.5) is 0 Å². The molecule has 34 heavy (non-hydrogen) atoms. The highest BCUT2D eigenvalue weighted by Gasteiger charge is 2.51. The van der Waals surface area contributed by atoms with Crippen LogP contribution < -0.4 is 5.73 Å². The van der Waals surface area contributed by atoms with E-state index >= 15 is 0 Å². The number of hydrogen-bond donors (Lipinski definition) is 3. The van der Waals surface area contributed by atoms with Crippen LogP contribution in [0.3, 0.4) is 0 Å². The fourth-order valence-corrected chi connectivity index (χ4v) is 4.99. The van der Waals surface area contributed by atoms with E-state index in [0.29, 0.717) is 0 Å². The molecule has 1 saturated carbocycles. The predicted octanol–water partition coefficient (Wildman–Crippen LogP) is 3.86. The number of rotatable bonds is 3. The summed E-state index contributed by atoms with van der Waals surface area (Å²) in [5.74, 6) is -1.69. The van der Waals surface area contributed by atoms with Gasteiger partial charge in [-0.25, -0.2) is 9.97 Å². The van der Waals surface area contributed by atoms with Gasteiger partial charge in [0.25, 0.3) is 0 Å². The molecule has 7 nitrogen and oxygen atoms in total. The normalized spacial score (nSPS) is 16.6. The van der Waals surface area contributed by atoms with Crippen LogP contribution in [0.5, 0.6) is 0 Å². The number of benzene rings is 2. The summed E-state index contributed by atoms with van der Waals surface area (Å²) in [7, 11) is 0. The van der Waals surface area contributed by atoms with E-state index in [0.717, 1.165) is 55.9 Å². The molecule has 3 heterocycles. The summed E-state index contributed by atoms with van der Waals surface area (Å²) >= 11 is 0. The number of pyridine rings is 1. The third-order valence-corrected chi connectivity index (χ3v) is 6.90. The van der Waals surface area contributed by atoms with Gasteiger partial charge in [0.15, 0.2) is 17.1 Å². The monoisotopic (exact) mass is 451 g/mol. The van der Waals surface area contributed by atoms with E-state index in [4.69, 9.17) is 10.7 Å². The first kappa shape index (κ1) is 20.9. The summed E-state index contributed by atoms with van der Waals surface area (Å²) in [4.78, 5) is 9.74. The lowest BCUT2D eigenvalue weighted by molar-refractivity contribution is -0.244. The molecule has 0 aliphatic heterocycles. The molecule has 2 aromatic carbocycles. The van der Waals surface area contributed by atoms with Gasteiger partial charge in [-0.3, -0.25) is 0 Å². The van der Waals surface area contributed by atoms with E-state index in [1.807, 2.05) is 67.0 Å². The van der Waals surface area contributed by atoms with Crippen molar-refractivity contribution in [2.75, 3.05) is 0 Å². The summed E-state index contributed by atoms with van der Waals surface area (Å²) in [6.07, 6.45) is 2.09. The maximum atomic E-state index is 9.77. The lowest BCUT2D eigenvalue weighted by Gasteiger charge is -2.48. The smallest absolute Gasteiger partial charge is 0.166 e. The molecule has 0 atom stereocenters. The number of nitrogens with zero attached hydrogens (tertiary/aromatic N) is 4. The van der Waals surface area contributed by atoms with Gasteiger partial charge < -0.3 is 15.9 Å². The summed E-state index contributed by atoms with van der Waals surface area (Å²) in [6.45, 7) is 4.00. The molecule has 7 heteroatoms. The maximum Gasteiger partial charge on any atom is 0.166 e. The standard InChI is InChI=1S/C27H25N5O2/c1-16-17(2)31-32-24(16)29-13-20-12-22(18-6-4-3-5-7-18)23(30-25(20)32)19-8-10-21(11-9-19)26(28)14-27(33,34)15-26/h3-13,33-34H,14-15,28H2,1-2H3. The molecule has 1 aliphatic carbocycles. The minimum Gasteiger partial charge on any atom is -0.365 e. The molecule has 0 bridgehead atoms. The van der Waals surface area contributed by atoms with Gasteiger partial charge in [-0.15, -0.1) is 0 Å². The second kappa shape index (κ2) is 7.17. The summed E-state index contributed by atoms with van der Waals surface area (Å²) in [6, 6.07) is 20.2. The molecule has 0 saturated heterocycles. The van der Waals surface area contributed by atoms with Crippen molar-refractivity contribution in [3.63, 3.8) is 0 Å². The Balaban J connectivity index is 1.54. The van der Waals surface area contributed by atoms with Gasteiger partial charge in [-0.2, -0.15) is 9.61 Å². The van der Waals surface area contributed by atoms with Crippen LogP contribution in [-0.2, 0) is 5.54 Å². The van der Waals surface area contributed by atoms with Gasteiger partial charge in [-0.1, -0.05) is 54.6 Å². The lowest BCUT2D eigenvalue weighted by atomic mass is 9.68. The Morgan fingerprint density at radius 3 is 2.29 bits per heavy atom. The van der Waals surface area contributed by atoms with Crippen LogP contribution in [0.15, 0.2) is 66.9 Å². The maximum absolute atomic E-state index is 9.77. The largest absolute Gasteiger partial charge is 0.365 e. The molecule has 4 N–H and O–H groups in total. The van der Waals surface area contributed by atoms with E-state index in [1.165, 1.54) is 0 Å². The van der Waals surface area contributed by atoms with E-state index in [-0.39, 0.29) is 12.8 Å². The average molecular weight is 452 g/mol. The molecular formula is C27H25N5O2. The third kappa shape index (κ3) is 3.20. The first-order chi connectivity index (χ1) is 16.2. The predicted molar refractivity (Wildman–Crippen MR) is 131 cm³/mol. The van der Waals surface area contributed by atoms with E-state index in [9.17, 15) is 10.2 Å². The molecule has 0 spiro atoms. The lowest BCUT2D eigenvalue weighted by Crippen LogP contribution is -2.59. The Morgan fingerprint density at radius 2 is 1.62 bits per heavy atom. The zero-order valence-electron chi connectivity index (χ0n) is 19.0. The Morgan fingerprint density at radius 1 is 0.912 bits per heavy atom. The van der Waals surface area contributed by atoms with Crippen LogP contribution in [0.25, 0.3) is 39.1 Å². The van der Waals surface area contributed by atoms with Crippen LogP contribution >= 0.6 is 0 Å². The second-order valence-electron chi connectivity index (χ2n) is 9.44. The topological polar surface area (TPSA) is 110 Å². The zero-order valence-corrected chi connectivity index (χ0v) is 19.0. The molecule has 170 valence electrons. The van der Waals surface area contributed by atoms with Gasteiger partial charge in [0, 0.05) is 41.1 Å². The highest BCUT2D eigenvalue weighted by molar-refractivity contribution is 5.90. The number of aliphatic hydroxyl groups is 2. The number of aromatic nitrogens is 4. The van der Waals surface area contributed by atoms with Crippen LogP contribution in [0.1, 0.15) is 29.7 Å². The van der Waals surface area contributed by atoms with E-state index in [1.54, 1.807) is 0 Å². The van der Waals surface area contributed by atoms with Crippen molar-refractivity contribution >= 4 is 16.7 Å². The fraction of sp³-hybridized carbons (Fsp3) is 0.222. The first-order valence-electron chi connectivity index (χ1n) is 11.3. The third-order valence-electron chi connectivity index (χ3n) is 6.90. The van der Waals surface area contributed by atoms with Gasteiger partial charge in [0.2, 0.25) is 0 Å². The minimum absolute atomic E-state index is 0.117. The molecule has 1 aliphatic rings. The minimum atomic E-state index is -1.69. The van der Waals surface area contributed by atoms with Crippen molar-refractivity contribution in [2.24, 2.45) is 5.73 Å². The molecule has 5 aromatic rings. The van der Waals surface area contributed by atoms with E-state index < -0.39 is 11.3 Å². The number of fused-ring (bicyclic) bond motifs is 3. The van der Waals surface area contributed by atoms with Gasteiger partial charge >= 0.3 is 0 Å². The summed E-state index contributed by atoms with van der Waals surface area (Å²) in [5, 5.41) is 25.1. The number of hydrogen-bond acceptors (Lipinski definition) is 6. The Bertz CT molecular complexity index is 1550. The molecule has 0 radical (unpaired) electrons. The Labute approximate surface area is 196 Å². The van der Waals surface area contributed by atoms with Gasteiger partial charge in [-0.05, 0) is 31.0 Å². The second-order valence-corrected chi connectivity index (χ2v) is 9.44. The highest BCUT2D eigenvalue weighted by atomic mass is 16.5. The number of aryl methyl sites for hydroxylation is 2.